The fourth-order valence-corrected chi connectivity index (χ4v) is 2.51. The number of hydrogen-bond donors (Lipinski definition) is 1. The molecule has 6 heteroatoms. The van der Waals surface area contributed by atoms with Crippen molar-refractivity contribution in [1.29, 1.82) is 0 Å². The van der Waals surface area contributed by atoms with Crippen molar-refractivity contribution in [1.82, 2.24) is 4.90 Å². The number of aliphatic carboxylic acids is 1. The third-order valence-corrected chi connectivity index (χ3v) is 3.92. The molecule has 0 radical (unpaired) electrons. The zero-order chi connectivity index (χ0) is 18.2. The molecule has 2 rings (SSSR count). The summed E-state index contributed by atoms with van der Waals surface area (Å²) in [6.07, 6.45) is 0.378. The van der Waals surface area contributed by atoms with Gasteiger partial charge >= 0.3 is 5.97 Å². The van der Waals surface area contributed by atoms with E-state index in [4.69, 9.17) is 28.0 Å². The lowest BCUT2D eigenvalue weighted by atomic mass is 10.1. The minimum atomic E-state index is -0.860. The molecule has 2 aromatic carbocycles. The van der Waals surface area contributed by atoms with Crippen LogP contribution in [0.25, 0.3) is 4.85 Å². The van der Waals surface area contributed by atoms with E-state index in [1.54, 1.807) is 48.3 Å². The van der Waals surface area contributed by atoms with Gasteiger partial charge in [-0.05, 0) is 36.9 Å². The molecule has 0 spiro atoms. The Bertz CT molecular complexity index is 739. The first-order valence-corrected chi connectivity index (χ1v) is 8.15. The largest absolute Gasteiger partial charge is 0.486 e. The van der Waals surface area contributed by atoms with Crippen molar-refractivity contribution >= 4 is 23.3 Å². The second-order valence-corrected chi connectivity index (χ2v) is 6.12. The summed E-state index contributed by atoms with van der Waals surface area (Å²) in [7, 11) is 1.76. The summed E-state index contributed by atoms with van der Waals surface area (Å²) in [5.74, 6) is -0.200. The van der Waals surface area contributed by atoms with E-state index in [1.807, 2.05) is 12.1 Å². The lowest BCUT2D eigenvalue weighted by Crippen LogP contribution is -2.28. The second kappa shape index (κ2) is 9.07. The third kappa shape index (κ3) is 6.11. The number of carbonyl (C=O) groups is 1. The van der Waals surface area contributed by atoms with E-state index in [-0.39, 0.29) is 12.6 Å². The Hall–Kier alpha value is -2.55. The van der Waals surface area contributed by atoms with Gasteiger partial charge in [0.05, 0.1) is 13.1 Å². The molecule has 1 unspecified atom stereocenters. The van der Waals surface area contributed by atoms with E-state index < -0.39 is 5.97 Å². The van der Waals surface area contributed by atoms with Crippen molar-refractivity contribution in [3.63, 3.8) is 0 Å². The second-order valence-electron chi connectivity index (χ2n) is 5.68. The van der Waals surface area contributed by atoms with Crippen molar-refractivity contribution in [2.45, 2.75) is 12.5 Å². The summed E-state index contributed by atoms with van der Waals surface area (Å²) in [4.78, 5) is 15.9. The lowest BCUT2D eigenvalue weighted by Gasteiger charge is -2.22. The summed E-state index contributed by atoms with van der Waals surface area (Å²) in [5, 5.41) is 9.51. The molecule has 1 N–H and O–H groups in total. The zero-order valence-electron chi connectivity index (χ0n) is 13.9. The highest BCUT2D eigenvalue weighted by atomic mass is 35.5. The highest BCUT2D eigenvalue weighted by molar-refractivity contribution is 6.30. The molecule has 0 amide bonds. The monoisotopic (exact) mass is 358 g/mol. The predicted octanol–water partition coefficient (Wildman–Crippen LogP) is 4.42. The van der Waals surface area contributed by atoms with Crippen LogP contribution in [0.4, 0.5) is 5.69 Å². The van der Waals surface area contributed by atoms with Gasteiger partial charge in [-0.2, -0.15) is 0 Å². The highest BCUT2D eigenvalue weighted by Gasteiger charge is 2.16. The summed E-state index contributed by atoms with van der Waals surface area (Å²) < 4.78 is 6.08. The van der Waals surface area contributed by atoms with Gasteiger partial charge in [-0.1, -0.05) is 35.9 Å². The van der Waals surface area contributed by atoms with Crippen LogP contribution in [0.1, 0.15) is 18.1 Å². The van der Waals surface area contributed by atoms with Gasteiger partial charge in [-0.3, -0.25) is 9.69 Å². The van der Waals surface area contributed by atoms with Crippen LogP contribution in [0.15, 0.2) is 48.5 Å². The maximum Gasteiger partial charge on any atom is 0.317 e. The molecule has 5 nitrogen and oxygen atoms in total. The van der Waals surface area contributed by atoms with E-state index >= 15 is 0 Å². The van der Waals surface area contributed by atoms with Crippen LogP contribution < -0.4 is 4.74 Å². The third-order valence-electron chi connectivity index (χ3n) is 3.66. The number of halogens is 1. The van der Waals surface area contributed by atoms with Crippen molar-refractivity contribution in [2.24, 2.45) is 0 Å². The molecular formula is C19H19ClN2O3. The van der Waals surface area contributed by atoms with Gasteiger partial charge in [0.15, 0.2) is 5.69 Å². The number of likely N-dealkylation sites (N-methyl/N-ethyl adjacent to an activating group) is 1. The Balaban J connectivity index is 2.11. The maximum absolute atomic E-state index is 10.8. The average Bonchev–Trinajstić information content (AvgIpc) is 2.59. The molecule has 0 heterocycles. The first-order valence-electron chi connectivity index (χ1n) is 7.78. The summed E-state index contributed by atoms with van der Waals surface area (Å²) in [6.45, 7) is 7.55. The molecule has 0 saturated heterocycles. The predicted molar refractivity (Wildman–Crippen MR) is 97.3 cm³/mol. The first-order chi connectivity index (χ1) is 12.0. The van der Waals surface area contributed by atoms with E-state index in [0.717, 1.165) is 5.56 Å². The summed E-state index contributed by atoms with van der Waals surface area (Å²) in [6, 6.07) is 14.3. The Morgan fingerprint density at radius 1 is 1.24 bits per heavy atom. The number of benzene rings is 2. The molecule has 0 aromatic heterocycles. The smallest absolute Gasteiger partial charge is 0.317 e. The van der Waals surface area contributed by atoms with E-state index in [1.165, 1.54) is 0 Å². The summed E-state index contributed by atoms with van der Waals surface area (Å²) in [5.41, 5.74) is 1.51. The molecule has 0 fully saturated rings. The van der Waals surface area contributed by atoms with Crippen molar-refractivity contribution in [3.8, 4) is 5.75 Å². The topological polar surface area (TPSA) is 54.1 Å². The molecule has 0 aliphatic rings. The SMILES string of the molecule is [C-]#[N+]c1ccc(OC(CCN(C)CC(=O)O)c2ccc(Cl)cc2)cc1. The molecule has 0 aliphatic carbocycles. The number of ether oxygens (including phenoxy) is 1. The Morgan fingerprint density at radius 3 is 2.44 bits per heavy atom. The van der Waals surface area contributed by atoms with Crippen LogP contribution in [0.2, 0.25) is 5.02 Å². The van der Waals surface area contributed by atoms with Crippen LogP contribution in [0.3, 0.4) is 0 Å². The summed E-state index contributed by atoms with van der Waals surface area (Å²) >= 11 is 5.95. The van der Waals surface area contributed by atoms with Crippen LogP contribution in [-0.2, 0) is 4.79 Å². The standard InChI is InChI=1S/C19H19ClN2O3/c1-21-16-7-9-17(10-8-16)25-18(11-12-22(2)13-19(23)24)14-3-5-15(20)6-4-14/h3-10,18H,11-13H2,2H3,(H,23,24). The molecule has 1 atom stereocenters. The molecular weight excluding hydrogens is 340 g/mol. The Kier molecular flexibility index (Phi) is 6.81. The number of nitrogens with zero attached hydrogens (tertiary/aromatic N) is 2. The molecule has 0 aliphatic heterocycles. The molecule has 0 bridgehead atoms. The number of hydrogen-bond acceptors (Lipinski definition) is 3. The van der Waals surface area contributed by atoms with Crippen molar-refractivity contribution in [2.75, 3.05) is 20.1 Å². The number of carboxylic acid groups (broad SMARTS) is 1. The highest BCUT2D eigenvalue weighted by Crippen LogP contribution is 2.27. The van der Waals surface area contributed by atoms with Gasteiger partial charge < -0.3 is 9.84 Å². The van der Waals surface area contributed by atoms with Gasteiger partial charge in [0, 0.05) is 18.0 Å². The van der Waals surface area contributed by atoms with Crippen LogP contribution >= 0.6 is 11.6 Å². The lowest BCUT2D eigenvalue weighted by molar-refractivity contribution is -0.138. The van der Waals surface area contributed by atoms with E-state index in [9.17, 15) is 4.79 Å². The van der Waals surface area contributed by atoms with E-state index in [2.05, 4.69) is 4.85 Å². The van der Waals surface area contributed by atoms with Crippen LogP contribution in [-0.4, -0.2) is 36.1 Å². The quantitative estimate of drug-likeness (QED) is 0.710. The molecule has 0 saturated carbocycles. The van der Waals surface area contributed by atoms with Gasteiger partial charge in [-0.25, -0.2) is 4.85 Å². The van der Waals surface area contributed by atoms with E-state index in [0.29, 0.717) is 29.4 Å². The van der Waals surface area contributed by atoms with Gasteiger partial charge in [0.1, 0.15) is 11.9 Å². The molecule has 25 heavy (non-hydrogen) atoms. The van der Waals surface area contributed by atoms with Crippen LogP contribution in [0, 0.1) is 6.57 Å². The number of carboxylic acids is 1. The molecule has 130 valence electrons. The van der Waals surface area contributed by atoms with Crippen molar-refractivity contribution < 1.29 is 14.6 Å². The van der Waals surface area contributed by atoms with Gasteiger partial charge in [0.25, 0.3) is 0 Å². The maximum atomic E-state index is 10.8. The average molecular weight is 359 g/mol. The fourth-order valence-electron chi connectivity index (χ4n) is 2.38. The minimum Gasteiger partial charge on any atom is -0.486 e. The first kappa shape index (κ1) is 18.8. The van der Waals surface area contributed by atoms with Gasteiger partial charge in [-0.15, -0.1) is 0 Å². The Morgan fingerprint density at radius 2 is 1.88 bits per heavy atom. The molecule has 2 aromatic rings. The Labute approximate surface area is 152 Å². The van der Waals surface area contributed by atoms with Gasteiger partial charge in [0.2, 0.25) is 0 Å². The number of rotatable bonds is 8. The minimum absolute atomic E-state index is 0.0208. The zero-order valence-corrected chi connectivity index (χ0v) is 14.6. The fraction of sp³-hybridized carbons (Fsp3) is 0.263. The van der Waals surface area contributed by atoms with Crippen molar-refractivity contribution in [3.05, 3.63) is 70.5 Å². The van der Waals surface area contributed by atoms with Crippen LogP contribution in [0.5, 0.6) is 5.75 Å². The normalized spacial score (nSPS) is 11.8.